The van der Waals surface area contributed by atoms with Gasteiger partial charge in [-0.3, -0.25) is 4.79 Å². The molecule has 29 heavy (non-hydrogen) atoms. The van der Waals surface area contributed by atoms with Crippen LogP contribution in [-0.4, -0.2) is 43.0 Å². The minimum Gasteiger partial charge on any atom is -0.462 e. The van der Waals surface area contributed by atoms with Crippen LogP contribution in [0.15, 0.2) is 54.6 Å². The number of anilines is 1. The lowest BCUT2D eigenvalue weighted by molar-refractivity contribution is -0.118. The molecule has 0 aromatic heterocycles. The minimum atomic E-state index is -0.348. The van der Waals surface area contributed by atoms with Crippen molar-refractivity contribution < 1.29 is 14.3 Å². The van der Waals surface area contributed by atoms with Crippen molar-refractivity contribution in [3.05, 3.63) is 65.7 Å². The predicted octanol–water partition coefficient (Wildman–Crippen LogP) is 4.52. The third kappa shape index (κ3) is 7.02. The number of nitrogens with zero attached hydrogens (tertiary/aromatic N) is 2. The van der Waals surface area contributed by atoms with Gasteiger partial charge in [-0.25, -0.2) is 4.79 Å². The Morgan fingerprint density at radius 1 is 0.897 bits per heavy atom. The number of carbonyl (C=O) groups is 2. The van der Waals surface area contributed by atoms with Crippen molar-refractivity contribution >= 4 is 17.6 Å². The van der Waals surface area contributed by atoms with E-state index in [0.717, 1.165) is 37.3 Å². The number of ether oxygens (including phenoxy) is 1. The van der Waals surface area contributed by atoms with Gasteiger partial charge in [0.15, 0.2) is 0 Å². The molecule has 1 amide bonds. The smallest absolute Gasteiger partial charge is 0.338 e. The van der Waals surface area contributed by atoms with Gasteiger partial charge in [0.25, 0.3) is 0 Å². The second-order valence-electron chi connectivity index (χ2n) is 6.86. The van der Waals surface area contributed by atoms with Crippen molar-refractivity contribution in [2.75, 3.05) is 31.1 Å². The zero-order chi connectivity index (χ0) is 21.1. The Hall–Kier alpha value is -2.66. The number of hydrogen-bond acceptors (Lipinski definition) is 4. The van der Waals surface area contributed by atoms with E-state index in [1.165, 1.54) is 0 Å². The lowest BCUT2D eigenvalue weighted by atomic mass is 10.1. The summed E-state index contributed by atoms with van der Waals surface area (Å²) in [6, 6.07) is 17.0. The first-order valence-corrected chi connectivity index (χ1v) is 10.4. The topological polar surface area (TPSA) is 49.9 Å². The molecule has 0 atom stereocenters. The average molecular weight is 397 g/mol. The molecule has 0 fully saturated rings. The SMILES string of the molecule is CCOC(=O)c1ccc(N(Cc2ccccc2)C(=O)CCCN(CC)CC)cc1. The van der Waals surface area contributed by atoms with Gasteiger partial charge in [-0.2, -0.15) is 0 Å². The van der Waals surface area contributed by atoms with Gasteiger partial charge in [0.05, 0.1) is 18.7 Å². The highest BCUT2D eigenvalue weighted by molar-refractivity contribution is 5.94. The number of esters is 1. The van der Waals surface area contributed by atoms with E-state index in [2.05, 4.69) is 18.7 Å². The summed E-state index contributed by atoms with van der Waals surface area (Å²) in [4.78, 5) is 29.1. The van der Waals surface area contributed by atoms with Crippen molar-refractivity contribution in [2.45, 2.75) is 40.2 Å². The van der Waals surface area contributed by atoms with Crippen LogP contribution in [0.25, 0.3) is 0 Å². The Morgan fingerprint density at radius 2 is 1.55 bits per heavy atom. The highest BCUT2D eigenvalue weighted by Gasteiger charge is 2.17. The molecule has 0 spiro atoms. The van der Waals surface area contributed by atoms with Crippen molar-refractivity contribution in [1.82, 2.24) is 4.90 Å². The molecule has 2 aromatic carbocycles. The van der Waals surface area contributed by atoms with Crippen molar-refractivity contribution in [3.8, 4) is 0 Å². The van der Waals surface area contributed by atoms with Gasteiger partial charge in [-0.1, -0.05) is 44.2 Å². The molecular weight excluding hydrogens is 364 g/mol. The van der Waals surface area contributed by atoms with E-state index >= 15 is 0 Å². The van der Waals surface area contributed by atoms with Crippen molar-refractivity contribution in [1.29, 1.82) is 0 Å². The summed E-state index contributed by atoms with van der Waals surface area (Å²) in [5.41, 5.74) is 2.35. The fraction of sp³-hybridized carbons (Fsp3) is 0.417. The van der Waals surface area contributed by atoms with E-state index in [1.807, 2.05) is 42.5 Å². The van der Waals surface area contributed by atoms with Gasteiger partial charge in [-0.05, 0) is 62.8 Å². The molecule has 156 valence electrons. The molecule has 0 aliphatic rings. The lowest BCUT2D eigenvalue weighted by Gasteiger charge is -2.24. The van der Waals surface area contributed by atoms with E-state index in [4.69, 9.17) is 4.74 Å². The van der Waals surface area contributed by atoms with Crippen LogP contribution in [0.2, 0.25) is 0 Å². The number of hydrogen-bond donors (Lipinski definition) is 0. The van der Waals surface area contributed by atoms with Crippen LogP contribution in [0.1, 0.15) is 49.5 Å². The normalized spacial score (nSPS) is 10.8. The Bertz CT molecular complexity index is 755. The highest BCUT2D eigenvalue weighted by Crippen LogP contribution is 2.20. The van der Waals surface area contributed by atoms with Gasteiger partial charge in [0.1, 0.15) is 0 Å². The minimum absolute atomic E-state index is 0.0879. The van der Waals surface area contributed by atoms with Crippen LogP contribution in [0.4, 0.5) is 5.69 Å². The van der Waals surface area contributed by atoms with Gasteiger partial charge in [-0.15, -0.1) is 0 Å². The van der Waals surface area contributed by atoms with Crippen LogP contribution < -0.4 is 4.90 Å². The summed E-state index contributed by atoms with van der Waals surface area (Å²) >= 11 is 0. The third-order valence-corrected chi connectivity index (χ3v) is 4.93. The second kappa shape index (κ2) is 12.0. The quantitative estimate of drug-likeness (QED) is 0.524. The summed E-state index contributed by atoms with van der Waals surface area (Å²) in [5.74, 6) is -0.260. The average Bonchev–Trinajstić information content (AvgIpc) is 2.76. The van der Waals surface area contributed by atoms with E-state index < -0.39 is 0 Å². The molecule has 0 aliphatic heterocycles. The Morgan fingerprint density at radius 3 is 2.14 bits per heavy atom. The molecule has 0 saturated carbocycles. The standard InChI is InChI=1S/C24H32N2O3/c1-4-25(5-2)18-10-13-23(27)26(19-20-11-8-7-9-12-20)22-16-14-21(15-17-22)24(28)29-6-3/h7-9,11-12,14-17H,4-6,10,13,18-19H2,1-3H3. The molecule has 0 unspecified atom stereocenters. The van der Waals surface area contributed by atoms with E-state index in [1.54, 1.807) is 24.0 Å². The lowest BCUT2D eigenvalue weighted by Crippen LogP contribution is -2.31. The van der Waals surface area contributed by atoms with Gasteiger partial charge in [0, 0.05) is 12.1 Å². The Kier molecular flexibility index (Phi) is 9.38. The first-order valence-electron chi connectivity index (χ1n) is 10.4. The number of amides is 1. The summed E-state index contributed by atoms with van der Waals surface area (Å²) < 4.78 is 5.04. The highest BCUT2D eigenvalue weighted by atomic mass is 16.5. The molecule has 5 heteroatoms. The molecule has 2 aromatic rings. The molecule has 0 bridgehead atoms. The Balaban J connectivity index is 2.14. The number of benzene rings is 2. The number of carbonyl (C=O) groups excluding carboxylic acids is 2. The van der Waals surface area contributed by atoms with Crippen molar-refractivity contribution in [3.63, 3.8) is 0 Å². The number of rotatable bonds is 11. The maximum atomic E-state index is 13.0. The largest absolute Gasteiger partial charge is 0.462 e. The van der Waals surface area contributed by atoms with Gasteiger partial charge < -0.3 is 14.5 Å². The zero-order valence-electron chi connectivity index (χ0n) is 17.8. The second-order valence-corrected chi connectivity index (χ2v) is 6.86. The first kappa shape index (κ1) is 22.6. The van der Waals surface area contributed by atoms with Crippen molar-refractivity contribution in [2.24, 2.45) is 0 Å². The summed E-state index contributed by atoms with van der Waals surface area (Å²) in [6.07, 6.45) is 1.32. The summed E-state index contributed by atoms with van der Waals surface area (Å²) in [5, 5.41) is 0. The molecular formula is C24H32N2O3. The van der Waals surface area contributed by atoms with Crippen LogP contribution >= 0.6 is 0 Å². The molecule has 0 heterocycles. The van der Waals surface area contributed by atoms with Gasteiger partial charge in [0.2, 0.25) is 5.91 Å². The summed E-state index contributed by atoms with van der Waals surface area (Å²) in [6.45, 7) is 9.80. The third-order valence-electron chi connectivity index (χ3n) is 4.93. The van der Waals surface area contributed by atoms with E-state index in [0.29, 0.717) is 25.1 Å². The van der Waals surface area contributed by atoms with E-state index in [9.17, 15) is 9.59 Å². The molecule has 0 N–H and O–H groups in total. The predicted molar refractivity (Wildman–Crippen MR) is 117 cm³/mol. The molecule has 2 rings (SSSR count). The monoisotopic (exact) mass is 396 g/mol. The van der Waals surface area contributed by atoms with Gasteiger partial charge >= 0.3 is 5.97 Å². The van der Waals surface area contributed by atoms with Crippen LogP contribution in [0.3, 0.4) is 0 Å². The van der Waals surface area contributed by atoms with E-state index in [-0.39, 0.29) is 11.9 Å². The summed E-state index contributed by atoms with van der Waals surface area (Å²) in [7, 11) is 0. The van der Waals surface area contributed by atoms with Crippen LogP contribution in [0, 0.1) is 0 Å². The fourth-order valence-corrected chi connectivity index (χ4v) is 3.21. The molecule has 0 saturated heterocycles. The molecule has 0 aliphatic carbocycles. The Labute approximate surface area is 174 Å². The molecule has 0 radical (unpaired) electrons. The molecule has 5 nitrogen and oxygen atoms in total. The fourth-order valence-electron chi connectivity index (χ4n) is 3.21. The maximum Gasteiger partial charge on any atom is 0.338 e. The first-order chi connectivity index (χ1) is 14.1. The van der Waals surface area contributed by atoms with Crippen LogP contribution in [0.5, 0.6) is 0 Å². The van der Waals surface area contributed by atoms with Crippen LogP contribution in [-0.2, 0) is 16.1 Å². The zero-order valence-corrected chi connectivity index (χ0v) is 17.8. The maximum absolute atomic E-state index is 13.0.